The lowest BCUT2D eigenvalue weighted by atomic mass is 9.86. The number of hydrogen-bond donors (Lipinski definition) is 2. The van der Waals surface area contributed by atoms with Gasteiger partial charge in [0.15, 0.2) is 0 Å². The minimum Gasteiger partial charge on any atom is -0.507 e. The Kier molecular flexibility index (Phi) is 6.13. The van der Waals surface area contributed by atoms with Crippen molar-refractivity contribution in [3.63, 3.8) is 0 Å². The van der Waals surface area contributed by atoms with Gasteiger partial charge in [0, 0.05) is 11.6 Å². The van der Waals surface area contributed by atoms with Gasteiger partial charge in [0.25, 0.3) is 0 Å². The summed E-state index contributed by atoms with van der Waals surface area (Å²) in [6.07, 6.45) is 1.17. The van der Waals surface area contributed by atoms with Gasteiger partial charge in [0.2, 0.25) is 0 Å². The second-order valence-electron chi connectivity index (χ2n) is 7.32. The molecule has 0 aliphatic heterocycles. The smallest absolute Gasteiger partial charge is 0.343 e. The monoisotopic (exact) mass is 412 g/mol. The minimum atomic E-state index is -0.531. The van der Waals surface area contributed by atoms with Crippen molar-refractivity contribution in [2.75, 3.05) is 5.43 Å². The third-order valence-electron chi connectivity index (χ3n) is 5.34. The first-order chi connectivity index (χ1) is 15.2. The van der Waals surface area contributed by atoms with Gasteiger partial charge in [-0.3, -0.25) is 5.43 Å². The summed E-state index contributed by atoms with van der Waals surface area (Å²) in [5.41, 5.74) is 5.87. The Balaban J connectivity index is 1.77. The average Bonchev–Trinajstić information content (AvgIpc) is 2.82. The van der Waals surface area contributed by atoms with Crippen molar-refractivity contribution in [3.8, 4) is 5.75 Å². The van der Waals surface area contributed by atoms with Crippen LogP contribution in [0.3, 0.4) is 0 Å². The van der Waals surface area contributed by atoms with Crippen LogP contribution in [0.5, 0.6) is 5.75 Å². The van der Waals surface area contributed by atoms with Crippen molar-refractivity contribution < 1.29 is 9.52 Å². The van der Waals surface area contributed by atoms with E-state index in [0.717, 1.165) is 17.0 Å². The predicted molar refractivity (Wildman–Crippen MR) is 125 cm³/mol. The molecule has 0 aliphatic rings. The lowest BCUT2D eigenvalue weighted by Crippen LogP contribution is -2.18. The number of anilines is 1. The van der Waals surface area contributed by atoms with Crippen molar-refractivity contribution in [2.24, 2.45) is 5.10 Å². The summed E-state index contributed by atoms with van der Waals surface area (Å²) in [5.74, 6) is -0.425. The summed E-state index contributed by atoms with van der Waals surface area (Å²) >= 11 is 0. The second kappa shape index (κ2) is 9.30. The van der Waals surface area contributed by atoms with Gasteiger partial charge in [-0.15, -0.1) is 0 Å². The second-order valence-corrected chi connectivity index (χ2v) is 7.32. The third kappa shape index (κ3) is 4.51. The molecule has 0 saturated heterocycles. The maximum atomic E-state index is 12.9. The van der Waals surface area contributed by atoms with Crippen LogP contribution in [-0.2, 0) is 0 Å². The Morgan fingerprint density at radius 2 is 1.61 bits per heavy atom. The first kappa shape index (κ1) is 20.4. The zero-order chi connectivity index (χ0) is 21.6. The van der Waals surface area contributed by atoms with Gasteiger partial charge in [-0.1, -0.05) is 67.6 Å². The van der Waals surface area contributed by atoms with Crippen LogP contribution in [0.2, 0.25) is 0 Å². The molecule has 31 heavy (non-hydrogen) atoms. The maximum Gasteiger partial charge on any atom is 0.343 e. The quantitative estimate of drug-likeness (QED) is 0.225. The molecule has 0 fully saturated rings. The number of hydrogen-bond acceptors (Lipinski definition) is 5. The van der Waals surface area contributed by atoms with Gasteiger partial charge < -0.3 is 9.52 Å². The highest BCUT2D eigenvalue weighted by molar-refractivity contribution is 5.88. The Labute approximate surface area is 180 Å². The van der Waals surface area contributed by atoms with Gasteiger partial charge in [-0.25, -0.2) is 4.79 Å². The molecule has 1 aromatic heterocycles. The van der Waals surface area contributed by atoms with Crippen molar-refractivity contribution >= 4 is 22.4 Å². The summed E-state index contributed by atoms with van der Waals surface area (Å²) in [7, 11) is 0. The van der Waals surface area contributed by atoms with E-state index in [-0.39, 0.29) is 11.3 Å². The van der Waals surface area contributed by atoms with E-state index in [4.69, 9.17) is 4.42 Å². The Hall–Kier alpha value is -3.86. The fourth-order valence-electron chi connectivity index (χ4n) is 3.69. The van der Waals surface area contributed by atoms with E-state index in [0.29, 0.717) is 23.8 Å². The lowest BCUT2D eigenvalue weighted by Gasteiger charge is -2.19. The SMILES string of the molecule is CC/C(CC(c1ccccc1)c1c(O)c2ccccc2oc1=O)=N\Nc1ccccc1. The molecular weight excluding hydrogens is 388 g/mol. The van der Waals surface area contributed by atoms with Crippen LogP contribution < -0.4 is 11.1 Å². The number of nitrogens with zero attached hydrogens (tertiary/aromatic N) is 1. The number of benzene rings is 3. The average molecular weight is 412 g/mol. The number of aromatic hydroxyl groups is 1. The Bertz CT molecular complexity index is 1250. The Morgan fingerprint density at radius 1 is 0.968 bits per heavy atom. The summed E-state index contributed by atoms with van der Waals surface area (Å²) in [4.78, 5) is 12.9. The molecule has 0 radical (unpaired) electrons. The van der Waals surface area contributed by atoms with E-state index >= 15 is 0 Å². The standard InChI is InChI=1S/C26H24N2O3/c1-2-19(27-28-20-13-7-4-8-14-20)17-22(18-11-5-3-6-12-18)24-25(29)21-15-9-10-16-23(21)31-26(24)30/h3-16,22,28-29H,2,17H2,1H3/b27-19+. The van der Waals surface area contributed by atoms with E-state index < -0.39 is 11.5 Å². The molecular formula is C26H24N2O3. The summed E-state index contributed by atoms with van der Waals surface area (Å²) in [5, 5.41) is 16.1. The minimum absolute atomic E-state index is 0.0350. The molecule has 1 heterocycles. The molecule has 0 bridgehead atoms. The van der Waals surface area contributed by atoms with Crippen molar-refractivity contribution in [3.05, 3.63) is 106 Å². The van der Waals surface area contributed by atoms with E-state index in [1.54, 1.807) is 18.2 Å². The largest absolute Gasteiger partial charge is 0.507 e. The molecule has 4 aromatic rings. The molecule has 0 spiro atoms. The van der Waals surface area contributed by atoms with Crippen molar-refractivity contribution in [1.29, 1.82) is 0 Å². The molecule has 1 atom stereocenters. The number of para-hydroxylation sites is 2. The normalized spacial score (nSPS) is 12.6. The zero-order valence-electron chi connectivity index (χ0n) is 17.3. The molecule has 0 aliphatic carbocycles. The van der Waals surface area contributed by atoms with Gasteiger partial charge in [0.1, 0.15) is 11.3 Å². The van der Waals surface area contributed by atoms with E-state index in [9.17, 15) is 9.90 Å². The summed E-state index contributed by atoms with van der Waals surface area (Å²) < 4.78 is 5.55. The number of nitrogens with one attached hydrogen (secondary N) is 1. The molecule has 4 rings (SSSR count). The van der Waals surface area contributed by atoms with Crippen LogP contribution in [0.1, 0.15) is 36.8 Å². The molecule has 5 heteroatoms. The molecule has 0 saturated carbocycles. The van der Waals surface area contributed by atoms with E-state index in [1.807, 2.05) is 73.7 Å². The summed E-state index contributed by atoms with van der Waals surface area (Å²) in [6, 6.07) is 26.4. The maximum absolute atomic E-state index is 12.9. The molecule has 5 nitrogen and oxygen atoms in total. The first-order valence-corrected chi connectivity index (χ1v) is 10.3. The van der Waals surface area contributed by atoms with E-state index in [1.165, 1.54) is 0 Å². The number of rotatable bonds is 7. The highest BCUT2D eigenvalue weighted by Gasteiger charge is 2.26. The molecule has 1 unspecified atom stereocenters. The number of hydrazone groups is 1. The van der Waals surface area contributed by atoms with Crippen molar-refractivity contribution in [1.82, 2.24) is 0 Å². The zero-order valence-corrected chi connectivity index (χ0v) is 17.3. The molecule has 2 N–H and O–H groups in total. The van der Waals surface area contributed by atoms with Crippen LogP contribution in [0.15, 0.2) is 99.2 Å². The fraction of sp³-hybridized carbons (Fsp3) is 0.154. The third-order valence-corrected chi connectivity index (χ3v) is 5.34. The lowest BCUT2D eigenvalue weighted by molar-refractivity contribution is 0.452. The van der Waals surface area contributed by atoms with Gasteiger partial charge in [-0.05, 0) is 42.7 Å². The van der Waals surface area contributed by atoms with E-state index in [2.05, 4.69) is 10.5 Å². The Morgan fingerprint density at radius 3 is 2.32 bits per heavy atom. The van der Waals surface area contributed by atoms with Gasteiger partial charge in [-0.2, -0.15) is 5.10 Å². The summed E-state index contributed by atoms with van der Waals surface area (Å²) in [6.45, 7) is 2.02. The fourth-order valence-corrected chi connectivity index (χ4v) is 3.69. The van der Waals surface area contributed by atoms with Gasteiger partial charge >= 0.3 is 5.63 Å². The topological polar surface area (TPSA) is 74.8 Å². The van der Waals surface area contributed by atoms with Crippen LogP contribution in [0, 0.1) is 0 Å². The van der Waals surface area contributed by atoms with Crippen LogP contribution in [0.4, 0.5) is 5.69 Å². The predicted octanol–water partition coefficient (Wildman–Crippen LogP) is 5.90. The molecule has 156 valence electrons. The van der Waals surface area contributed by atoms with Gasteiger partial charge in [0.05, 0.1) is 16.6 Å². The van der Waals surface area contributed by atoms with Crippen LogP contribution in [-0.4, -0.2) is 10.8 Å². The highest BCUT2D eigenvalue weighted by Crippen LogP contribution is 2.36. The van der Waals surface area contributed by atoms with Crippen LogP contribution in [0.25, 0.3) is 11.0 Å². The molecule has 0 amide bonds. The highest BCUT2D eigenvalue weighted by atomic mass is 16.4. The first-order valence-electron chi connectivity index (χ1n) is 10.3. The molecule has 3 aromatic carbocycles. The number of fused-ring (bicyclic) bond motifs is 1. The van der Waals surface area contributed by atoms with Crippen molar-refractivity contribution in [2.45, 2.75) is 25.7 Å². The van der Waals surface area contributed by atoms with Crippen LogP contribution >= 0.6 is 0 Å².